The maximum absolute atomic E-state index is 5.68. The van der Waals surface area contributed by atoms with E-state index in [1.807, 2.05) is 0 Å². The van der Waals surface area contributed by atoms with Gasteiger partial charge in [-0.15, -0.1) is 0 Å². The minimum Gasteiger partial charge on any atom is -0.475 e. The molecule has 1 aromatic rings. The zero-order valence-electron chi connectivity index (χ0n) is 11.6. The fourth-order valence-electron chi connectivity index (χ4n) is 2.08. The Morgan fingerprint density at radius 2 is 2.00 bits per heavy atom. The van der Waals surface area contributed by atoms with Crippen LogP contribution in [0.1, 0.15) is 44.7 Å². The SMILES string of the molecule is CCCCc1ccc(C2=NC(C(C)C)CO2)cc1. The smallest absolute Gasteiger partial charge is 0.216 e. The molecular formula is C16H23NO. The Bertz CT molecular complexity index is 406. The molecule has 1 atom stereocenters. The number of aliphatic imine (C=N–C) groups is 1. The van der Waals surface area contributed by atoms with Crippen molar-refractivity contribution in [1.82, 2.24) is 0 Å². The van der Waals surface area contributed by atoms with Crippen LogP contribution in [0.5, 0.6) is 0 Å². The standard InChI is InChI=1S/C16H23NO/c1-4-5-6-13-7-9-14(10-8-13)16-17-15(11-18-16)12(2)3/h7-10,12,15H,4-6,11H2,1-3H3. The van der Waals surface area contributed by atoms with E-state index in [4.69, 9.17) is 4.74 Å². The Morgan fingerprint density at radius 3 is 2.56 bits per heavy atom. The van der Waals surface area contributed by atoms with Crippen LogP contribution in [0.2, 0.25) is 0 Å². The van der Waals surface area contributed by atoms with Crippen LogP contribution in [0, 0.1) is 5.92 Å². The topological polar surface area (TPSA) is 21.6 Å². The molecule has 1 unspecified atom stereocenters. The van der Waals surface area contributed by atoms with Crippen LogP contribution in [0.3, 0.4) is 0 Å². The highest BCUT2D eigenvalue weighted by Crippen LogP contribution is 2.18. The molecule has 0 aromatic heterocycles. The highest BCUT2D eigenvalue weighted by atomic mass is 16.5. The second kappa shape index (κ2) is 6.03. The molecule has 18 heavy (non-hydrogen) atoms. The number of aryl methyl sites for hydroxylation is 1. The van der Waals surface area contributed by atoms with E-state index in [1.54, 1.807) is 0 Å². The molecule has 0 N–H and O–H groups in total. The molecule has 1 aliphatic heterocycles. The summed E-state index contributed by atoms with van der Waals surface area (Å²) in [7, 11) is 0. The van der Waals surface area contributed by atoms with Crippen LogP contribution < -0.4 is 0 Å². The van der Waals surface area contributed by atoms with Gasteiger partial charge in [-0.25, -0.2) is 4.99 Å². The van der Waals surface area contributed by atoms with Gasteiger partial charge >= 0.3 is 0 Å². The second-order valence-corrected chi connectivity index (χ2v) is 5.36. The van der Waals surface area contributed by atoms with E-state index in [0.29, 0.717) is 12.0 Å². The quantitative estimate of drug-likeness (QED) is 0.772. The minimum atomic E-state index is 0.319. The van der Waals surface area contributed by atoms with Crippen LogP contribution >= 0.6 is 0 Å². The van der Waals surface area contributed by atoms with E-state index in [2.05, 4.69) is 50.0 Å². The highest BCUT2D eigenvalue weighted by Gasteiger charge is 2.22. The van der Waals surface area contributed by atoms with Gasteiger partial charge in [0.05, 0.1) is 6.04 Å². The molecule has 0 spiro atoms. The van der Waals surface area contributed by atoms with Gasteiger partial charge in [0.2, 0.25) is 5.90 Å². The normalized spacial score (nSPS) is 18.9. The number of nitrogens with zero attached hydrogens (tertiary/aromatic N) is 1. The van der Waals surface area contributed by atoms with E-state index >= 15 is 0 Å². The van der Waals surface area contributed by atoms with Crippen LogP contribution in [0.4, 0.5) is 0 Å². The third-order valence-corrected chi connectivity index (χ3v) is 3.46. The highest BCUT2D eigenvalue weighted by molar-refractivity contribution is 5.95. The van der Waals surface area contributed by atoms with Gasteiger partial charge in [0.1, 0.15) is 6.61 Å². The van der Waals surface area contributed by atoms with Crippen molar-refractivity contribution in [3.8, 4) is 0 Å². The van der Waals surface area contributed by atoms with Crippen LogP contribution in [-0.2, 0) is 11.2 Å². The number of hydrogen-bond donors (Lipinski definition) is 0. The number of unbranched alkanes of at least 4 members (excludes halogenated alkanes) is 1. The Hall–Kier alpha value is -1.31. The van der Waals surface area contributed by atoms with Gasteiger partial charge in [0.25, 0.3) is 0 Å². The summed E-state index contributed by atoms with van der Waals surface area (Å²) in [5.41, 5.74) is 2.51. The number of benzene rings is 1. The van der Waals surface area contributed by atoms with Crippen molar-refractivity contribution < 1.29 is 4.74 Å². The van der Waals surface area contributed by atoms with Crippen LogP contribution in [-0.4, -0.2) is 18.5 Å². The summed E-state index contributed by atoms with van der Waals surface area (Å²) in [4.78, 5) is 4.64. The van der Waals surface area contributed by atoms with Crippen molar-refractivity contribution in [2.75, 3.05) is 6.61 Å². The molecule has 0 amide bonds. The molecule has 0 aliphatic carbocycles. The van der Waals surface area contributed by atoms with E-state index in [9.17, 15) is 0 Å². The van der Waals surface area contributed by atoms with Crippen molar-refractivity contribution in [3.63, 3.8) is 0 Å². The van der Waals surface area contributed by atoms with Crippen molar-refractivity contribution in [2.24, 2.45) is 10.9 Å². The molecule has 0 bridgehead atoms. The number of hydrogen-bond acceptors (Lipinski definition) is 2. The van der Waals surface area contributed by atoms with Gasteiger partial charge in [0.15, 0.2) is 0 Å². The number of ether oxygens (including phenoxy) is 1. The maximum atomic E-state index is 5.68. The van der Waals surface area contributed by atoms with Gasteiger partial charge in [-0.3, -0.25) is 0 Å². The molecule has 0 saturated carbocycles. The summed E-state index contributed by atoms with van der Waals surface area (Å²) in [6.45, 7) is 7.33. The lowest BCUT2D eigenvalue weighted by atomic mass is 10.1. The fraction of sp³-hybridized carbons (Fsp3) is 0.562. The Morgan fingerprint density at radius 1 is 1.28 bits per heavy atom. The summed E-state index contributed by atoms with van der Waals surface area (Å²) in [6.07, 6.45) is 3.67. The maximum Gasteiger partial charge on any atom is 0.216 e. The van der Waals surface area contributed by atoms with Gasteiger partial charge in [-0.1, -0.05) is 39.3 Å². The van der Waals surface area contributed by atoms with E-state index < -0.39 is 0 Å². The summed E-state index contributed by atoms with van der Waals surface area (Å²) in [6, 6.07) is 8.97. The van der Waals surface area contributed by atoms with Crippen molar-refractivity contribution in [1.29, 1.82) is 0 Å². The van der Waals surface area contributed by atoms with E-state index in [1.165, 1.54) is 24.8 Å². The van der Waals surface area contributed by atoms with E-state index in [0.717, 1.165) is 18.1 Å². The second-order valence-electron chi connectivity index (χ2n) is 5.36. The monoisotopic (exact) mass is 245 g/mol. The van der Waals surface area contributed by atoms with Crippen molar-refractivity contribution in [3.05, 3.63) is 35.4 Å². The Kier molecular flexibility index (Phi) is 4.40. The molecule has 1 aliphatic rings. The summed E-state index contributed by atoms with van der Waals surface area (Å²) in [5, 5.41) is 0. The van der Waals surface area contributed by atoms with Crippen molar-refractivity contribution >= 4 is 5.90 Å². The summed E-state index contributed by atoms with van der Waals surface area (Å²) >= 11 is 0. The first-order chi connectivity index (χ1) is 8.70. The van der Waals surface area contributed by atoms with Crippen molar-refractivity contribution in [2.45, 2.75) is 46.1 Å². The first kappa shape index (κ1) is 13.1. The summed E-state index contributed by atoms with van der Waals surface area (Å²) < 4.78 is 5.68. The molecule has 98 valence electrons. The molecule has 0 fully saturated rings. The third kappa shape index (κ3) is 3.12. The lowest BCUT2D eigenvalue weighted by molar-refractivity contribution is 0.292. The minimum absolute atomic E-state index is 0.319. The number of rotatable bonds is 5. The average molecular weight is 245 g/mol. The van der Waals surface area contributed by atoms with Crippen LogP contribution in [0.15, 0.2) is 29.3 Å². The Labute approximate surface area is 110 Å². The molecule has 0 radical (unpaired) electrons. The lowest BCUT2D eigenvalue weighted by Crippen LogP contribution is -2.13. The molecule has 1 aromatic carbocycles. The lowest BCUT2D eigenvalue weighted by Gasteiger charge is -2.06. The first-order valence-corrected chi connectivity index (χ1v) is 7.00. The zero-order chi connectivity index (χ0) is 13.0. The fourth-order valence-corrected chi connectivity index (χ4v) is 2.08. The van der Waals surface area contributed by atoms with Gasteiger partial charge < -0.3 is 4.74 Å². The largest absolute Gasteiger partial charge is 0.475 e. The molecule has 1 heterocycles. The molecule has 2 rings (SSSR count). The van der Waals surface area contributed by atoms with Crippen LogP contribution in [0.25, 0.3) is 0 Å². The Balaban J connectivity index is 2.04. The average Bonchev–Trinajstić information content (AvgIpc) is 2.87. The van der Waals surface area contributed by atoms with Gasteiger partial charge in [-0.2, -0.15) is 0 Å². The molecule has 0 saturated heterocycles. The van der Waals surface area contributed by atoms with E-state index in [-0.39, 0.29) is 0 Å². The zero-order valence-corrected chi connectivity index (χ0v) is 11.6. The molecule has 2 nitrogen and oxygen atoms in total. The van der Waals surface area contributed by atoms with Gasteiger partial charge in [0, 0.05) is 5.56 Å². The molecule has 2 heteroatoms. The van der Waals surface area contributed by atoms with Gasteiger partial charge in [-0.05, 0) is 36.5 Å². The first-order valence-electron chi connectivity index (χ1n) is 7.00. The summed E-state index contributed by atoms with van der Waals surface area (Å²) in [5.74, 6) is 1.36. The molecular weight excluding hydrogens is 222 g/mol. The predicted molar refractivity (Wildman–Crippen MR) is 76.2 cm³/mol. The predicted octanol–water partition coefficient (Wildman–Crippen LogP) is 3.83. The third-order valence-electron chi connectivity index (χ3n) is 3.46.